The van der Waals surface area contributed by atoms with Crippen LogP contribution in [0.2, 0.25) is 5.02 Å². The zero-order valence-electron chi connectivity index (χ0n) is 13.5. The topological polar surface area (TPSA) is 52.3 Å². The van der Waals surface area contributed by atoms with Crippen molar-refractivity contribution < 1.29 is 17.9 Å². The molecule has 5 nitrogen and oxygen atoms in total. The van der Waals surface area contributed by atoms with E-state index in [4.69, 9.17) is 16.3 Å². The van der Waals surface area contributed by atoms with Gasteiger partial charge in [-0.25, -0.2) is 0 Å². The summed E-state index contributed by atoms with van der Waals surface area (Å²) in [6, 6.07) is 16.7. The summed E-state index contributed by atoms with van der Waals surface area (Å²) < 4.78 is 45.3. The number of halogens is 4. The maximum atomic E-state index is 13.0. The van der Waals surface area contributed by atoms with E-state index < -0.39 is 12.0 Å². The first-order valence-electron chi connectivity index (χ1n) is 7.74. The van der Waals surface area contributed by atoms with Gasteiger partial charge in [0.25, 0.3) is 5.82 Å². The smallest absolute Gasteiger partial charge is 0.453 e. The molecule has 2 heterocycles. The van der Waals surface area contributed by atoms with Gasteiger partial charge in [0, 0.05) is 10.6 Å². The Morgan fingerprint density at radius 3 is 2.07 bits per heavy atom. The van der Waals surface area contributed by atoms with Gasteiger partial charge in [-0.05, 0) is 60.7 Å². The Bertz CT molecular complexity index is 1090. The number of nitrogens with zero attached hydrogens (tertiary/aromatic N) is 4. The summed E-state index contributed by atoms with van der Waals surface area (Å²) in [5, 5.41) is 11.3. The molecular formula is C18H10ClF3N4O. The van der Waals surface area contributed by atoms with Crippen LogP contribution in [0.25, 0.3) is 16.9 Å². The maximum absolute atomic E-state index is 13.0. The van der Waals surface area contributed by atoms with E-state index in [0.717, 1.165) is 0 Å². The number of aromatic nitrogens is 4. The molecule has 27 heavy (non-hydrogen) atoms. The molecule has 0 amide bonds. The predicted molar refractivity (Wildman–Crippen MR) is 92.7 cm³/mol. The molecular weight excluding hydrogens is 381 g/mol. The van der Waals surface area contributed by atoms with Crippen molar-refractivity contribution in [1.82, 2.24) is 19.8 Å². The average molecular weight is 391 g/mol. The molecule has 0 radical (unpaired) electrons. The summed E-state index contributed by atoms with van der Waals surface area (Å²) in [5.74, 6) is 0.0236. The lowest BCUT2D eigenvalue weighted by Crippen LogP contribution is -2.12. The number of benzene rings is 2. The second kappa shape index (κ2) is 6.55. The molecule has 0 N–H and O–H groups in total. The Morgan fingerprint density at radius 2 is 1.44 bits per heavy atom. The Morgan fingerprint density at radius 1 is 0.815 bits per heavy atom. The third kappa shape index (κ3) is 3.56. The van der Waals surface area contributed by atoms with E-state index in [9.17, 15) is 13.2 Å². The third-order valence-corrected chi connectivity index (χ3v) is 3.97. The molecule has 4 rings (SSSR count). The van der Waals surface area contributed by atoms with E-state index in [1.807, 2.05) is 0 Å². The lowest BCUT2D eigenvalue weighted by molar-refractivity contribution is -0.146. The van der Waals surface area contributed by atoms with Crippen LogP contribution in [0.15, 0.2) is 60.7 Å². The molecule has 0 aliphatic carbocycles. The lowest BCUT2D eigenvalue weighted by Gasteiger charge is -2.08. The summed E-state index contributed by atoms with van der Waals surface area (Å²) in [4.78, 5) is 0. The minimum atomic E-state index is -4.64. The number of fused-ring (bicyclic) bond motifs is 1. The molecule has 0 aliphatic heterocycles. The summed E-state index contributed by atoms with van der Waals surface area (Å²) in [6.07, 6.45) is -4.64. The Kier molecular flexibility index (Phi) is 4.19. The van der Waals surface area contributed by atoms with Crippen LogP contribution in [0.5, 0.6) is 11.5 Å². The fourth-order valence-corrected chi connectivity index (χ4v) is 2.58. The van der Waals surface area contributed by atoms with Gasteiger partial charge in [0.15, 0.2) is 5.65 Å². The van der Waals surface area contributed by atoms with Crippen LogP contribution < -0.4 is 4.74 Å². The molecule has 4 aromatic rings. The predicted octanol–water partition coefficient (Wildman–Crippen LogP) is 5.26. The Labute approximate surface area is 156 Å². The van der Waals surface area contributed by atoms with Crippen molar-refractivity contribution in [2.75, 3.05) is 0 Å². The van der Waals surface area contributed by atoms with Crippen LogP contribution in [0.4, 0.5) is 13.2 Å². The van der Waals surface area contributed by atoms with Gasteiger partial charge >= 0.3 is 6.18 Å². The van der Waals surface area contributed by atoms with Crippen molar-refractivity contribution in [2.24, 2.45) is 0 Å². The summed E-state index contributed by atoms with van der Waals surface area (Å²) >= 11 is 5.83. The Balaban J connectivity index is 1.62. The van der Waals surface area contributed by atoms with Gasteiger partial charge < -0.3 is 4.74 Å². The van der Waals surface area contributed by atoms with E-state index in [1.54, 1.807) is 54.6 Å². The second-order valence-electron chi connectivity index (χ2n) is 5.59. The largest absolute Gasteiger partial charge is 0.457 e. The van der Waals surface area contributed by atoms with Crippen LogP contribution in [0, 0.1) is 0 Å². The maximum Gasteiger partial charge on any atom is 0.453 e. The minimum absolute atomic E-state index is 0.0220. The minimum Gasteiger partial charge on any atom is -0.457 e. The molecule has 0 unspecified atom stereocenters. The fraction of sp³-hybridized carbons (Fsp3) is 0.0556. The van der Waals surface area contributed by atoms with E-state index >= 15 is 0 Å². The van der Waals surface area contributed by atoms with Gasteiger partial charge in [0.1, 0.15) is 11.5 Å². The molecule has 0 bridgehead atoms. The van der Waals surface area contributed by atoms with Crippen LogP contribution >= 0.6 is 11.6 Å². The van der Waals surface area contributed by atoms with Gasteiger partial charge in [-0.1, -0.05) is 11.6 Å². The van der Waals surface area contributed by atoms with Crippen molar-refractivity contribution in [1.29, 1.82) is 0 Å². The molecule has 0 aliphatic rings. The molecule has 136 valence electrons. The van der Waals surface area contributed by atoms with Gasteiger partial charge in [-0.2, -0.15) is 22.8 Å². The van der Waals surface area contributed by atoms with Crippen molar-refractivity contribution in [3.63, 3.8) is 0 Å². The van der Waals surface area contributed by atoms with Crippen LogP contribution in [-0.4, -0.2) is 19.8 Å². The quantitative estimate of drug-likeness (QED) is 0.479. The highest BCUT2D eigenvalue weighted by molar-refractivity contribution is 6.30. The fourth-order valence-electron chi connectivity index (χ4n) is 2.45. The van der Waals surface area contributed by atoms with E-state index in [1.165, 1.54) is 6.07 Å². The lowest BCUT2D eigenvalue weighted by atomic mass is 10.1. The van der Waals surface area contributed by atoms with Crippen molar-refractivity contribution >= 4 is 17.2 Å². The molecule has 9 heteroatoms. The monoisotopic (exact) mass is 390 g/mol. The van der Waals surface area contributed by atoms with Crippen LogP contribution in [0.3, 0.4) is 0 Å². The summed E-state index contributed by atoms with van der Waals surface area (Å²) in [7, 11) is 0. The first kappa shape index (κ1) is 17.3. The van der Waals surface area contributed by atoms with Crippen molar-refractivity contribution in [3.8, 4) is 22.8 Å². The van der Waals surface area contributed by atoms with Crippen molar-refractivity contribution in [3.05, 3.63) is 71.5 Å². The number of ether oxygens (including phenoxy) is 1. The standard InChI is InChI=1S/C18H10ClF3N4O/c19-12-3-7-14(8-4-12)27-13-5-1-11(2-6-13)15-9-10-16-23-24-17(18(20,21)22)26(16)25-15/h1-10H. The van der Waals surface area contributed by atoms with E-state index in [-0.39, 0.29) is 5.65 Å². The molecule has 2 aromatic heterocycles. The summed E-state index contributed by atoms with van der Waals surface area (Å²) in [6.45, 7) is 0. The molecule has 0 atom stereocenters. The third-order valence-electron chi connectivity index (χ3n) is 3.72. The van der Waals surface area contributed by atoms with E-state index in [2.05, 4.69) is 15.3 Å². The van der Waals surface area contributed by atoms with Crippen molar-refractivity contribution in [2.45, 2.75) is 6.18 Å². The number of alkyl halides is 3. The zero-order chi connectivity index (χ0) is 19.0. The first-order valence-corrected chi connectivity index (χ1v) is 8.11. The average Bonchev–Trinajstić information content (AvgIpc) is 3.08. The second-order valence-corrected chi connectivity index (χ2v) is 6.03. The summed E-state index contributed by atoms with van der Waals surface area (Å²) in [5.41, 5.74) is 1.00. The highest BCUT2D eigenvalue weighted by atomic mass is 35.5. The van der Waals surface area contributed by atoms with E-state index in [0.29, 0.717) is 32.3 Å². The molecule has 0 fully saturated rings. The van der Waals surface area contributed by atoms with Gasteiger partial charge in [0.05, 0.1) is 5.69 Å². The highest BCUT2D eigenvalue weighted by Gasteiger charge is 2.37. The van der Waals surface area contributed by atoms with Gasteiger partial charge in [-0.15, -0.1) is 10.2 Å². The SMILES string of the molecule is FC(F)(F)c1nnc2ccc(-c3ccc(Oc4ccc(Cl)cc4)cc3)nn12. The first-order chi connectivity index (χ1) is 12.9. The molecule has 0 spiro atoms. The highest BCUT2D eigenvalue weighted by Crippen LogP contribution is 2.29. The molecule has 0 saturated heterocycles. The number of hydrogen-bond donors (Lipinski definition) is 0. The van der Waals surface area contributed by atoms with Gasteiger partial charge in [0.2, 0.25) is 0 Å². The Hall–Kier alpha value is -3.13. The normalized spacial score (nSPS) is 11.7. The van der Waals surface area contributed by atoms with Crippen LogP contribution in [-0.2, 0) is 6.18 Å². The molecule has 2 aromatic carbocycles. The number of hydrogen-bond acceptors (Lipinski definition) is 4. The zero-order valence-corrected chi connectivity index (χ0v) is 14.2. The molecule has 0 saturated carbocycles. The number of rotatable bonds is 3. The van der Waals surface area contributed by atoms with Gasteiger partial charge in [-0.3, -0.25) is 0 Å². The van der Waals surface area contributed by atoms with Crippen LogP contribution in [0.1, 0.15) is 5.82 Å².